The maximum atomic E-state index is 13.2. The van der Waals surface area contributed by atoms with Crippen molar-refractivity contribution < 1.29 is 23.1 Å². The van der Waals surface area contributed by atoms with Gasteiger partial charge >= 0.3 is 12.0 Å². The fourth-order valence-corrected chi connectivity index (χ4v) is 5.20. The Balaban J connectivity index is 2.25. The van der Waals surface area contributed by atoms with Gasteiger partial charge in [0.05, 0.1) is 23.1 Å². The molecule has 1 aromatic carbocycles. The Labute approximate surface area is 172 Å². The smallest absolute Gasteiger partial charge is 0.336 e. The van der Waals surface area contributed by atoms with E-state index in [-0.39, 0.29) is 16.8 Å². The molecule has 1 aromatic heterocycles. The van der Waals surface area contributed by atoms with E-state index >= 15 is 0 Å². The summed E-state index contributed by atoms with van der Waals surface area (Å²) in [5, 5.41) is 12.7. The van der Waals surface area contributed by atoms with Crippen LogP contribution < -0.4 is 5.32 Å². The Hall–Kier alpha value is -2.85. The van der Waals surface area contributed by atoms with Gasteiger partial charge in [0.2, 0.25) is 10.0 Å². The second-order valence-corrected chi connectivity index (χ2v) is 8.92. The first-order valence-corrected chi connectivity index (χ1v) is 11.4. The van der Waals surface area contributed by atoms with Crippen molar-refractivity contribution in [3.63, 3.8) is 0 Å². The summed E-state index contributed by atoms with van der Waals surface area (Å²) in [5.74, 6) is -1.77. The second kappa shape index (κ2) is 8.26. The second-order valence-electron chi connectivity index (χ2n) is 6.31. The number of nitrogens with one attached hydrogen (secondary N) is 1. The molecule has 1 aliphatic heterocycles. The summed E-state index contributed by atoms with van der Waals surface area (Å²) < 4.78 is 27.0. The lowest BCUT2D eigenvalue weighted by atomic mass is 10.0. The van der Waals surface area contributed by atoms with Crippen LogP contribution in [0.5, 0.6) is 0 Å². The molecule has 0 saturated heterocycles. The average Bonchev–Trinajstić information content (AvgIpc) is 2.67. The maximum Gasteiger partial charge on any atom is 0.336 e. The van der Waals surface area contributed by atoms with Gasteiger partial charge in [-0.1, -0.05) is 30.3 Å². The van der Waals surface area contributed by atoms with E-state index < -0.39 is 33.8 Å². The highest BCUT2D eigenvalue weighted by molar-refractivity contribution is 7.98. The van der Waals surface area contributed by atoms with Crippen molar-refractivity contribution in [1.29, 1.82) is 0 Å². The van der Waals surface area contributed by atoms with E-state index in [2.05, 4.69) is 10.3 Å². The molecule has 29 heavy (non-hydrogen) atoms. The van der Waals surface area contributed by atoms with Gasteiger partial charge in [-0.3, -0.25) is 0 Å². The standard InChI is InChI=1S/C19H19N3O5S2/c1-12-15(18(23)24)16(14-9-6-10-20-17(14)28-2)22(19(25)21-12)29(26,27)11-13-7-4-3-5-8-13/h3-10,12H,11H2,1-2H3,(H,21,25)(H,23,24). The fourth-order valence-electron chi connectivity index (χ4n) is 3.12. The molecule has 0 bridgehead atoms. The van der Waals surface area contributed by atoms with Crippen LogP contribution in [0, 0.1) is 0 Å². The molecule has 0 aliphatic carbocycles. The van der Waals surface area contributed by atoms with Crippen LogP contribution in [-0.4, -0.2) is 47.1 Å². The van der Waals surface area contributed by atoms with Crippen molar-refractivity contribution in [3.05, 3.63) is 65.4 Å². The third kappa shape index (κ3) is 4.13. The molecular weight excluding hydrogens is 414 g/mol. The van der Waals surface area contributed by atoms with Crippen molar-refractivity contribution in [2.24, 2.45) is 0 Å². The van der Waals surface area contributed by atoms with E-state index in [0.29, 0.717) is 14.9 Å². The number of aliphatic carboxylic acids is 1. The van der Waals surface area contributed by atoms with Crippen LogP contribution in [-0.2, 0) is 20.6 Å². The number of sulfonamides is 1. The largest absolute Gasteiger partial charge is 0.478 e. The van der Waals surface area contributed by atoms with Crippen LogP contribution >= 0.6 is 11.8 Å². The molecule has 1 atom stereocenters. The first-order valence-electron chi connectivity index (χ1n) is 8.60. The van der Waals surface area contributed by atoms with Crippen LogP contribution in [0.3, 0.4) is 0 Å². The summed E-state index contributed by atoms with van der Waals surface area (Å²) in [5.41, 5.74) is 0.355. The topological polar surface area (TPSA) is 117 Å². The van der Waals surface area contributed by atoms with Crippen LogP contribution in [0.25, 0.3) is 5.70 Å². The number of carboxylic acids is 1. The number of nitrogens with zero attached hydrogens (tertiary/aromatic N) is 2. The molecule has 10 heteroatoms. The maximum absolute atomic E-state index is 13.2. The molecule has 0 radical (unpaired) electrons. The Kier molecular flexibility index (Phi) is 5.94. The Bertz CT molecular complexity index is 1080. The number of rotatable bonds is 6. The zero-order valence-corrected chi connectivity index (χ0v) is 17.3. The lowest BCUT2D eigenvalue weighted by Gasteiger charge is -2.34. The van der Waals surface area contributed by atoms with Crippen LogP contribution in [0.15, 0.2) is 59.3 Å². The highest BCUT2D eigenvalue weighted by Crippen LogP contribution is 2.36. The number of amides is 2. The average molecular weight is 434 g/mol. The van der Waals surface area contributed by atoms with Gasteiger partial charge in [-0.05, 0) is 30.9 Å². The first-order chi connectivity index (χ1) is 13.8. The quantitative estimate of drug-likeness (QED) is 0.673. The molecule has 2 aromatic rings. The van der Waals surface area contributed by atoms with E-state index in [0.717, 1.165) is 0 Å². The lowest BCUT2D eigenvalue weighted by Crippen LogP contribution is -2.52. The van der Waals surface area contributed by atoms with E-state index in [1.54, 1.807) is 48.7 Å². The number of hydrogen-bond donors (Lipinski definition) is 2. The highest BCUT2D eigenvalue weighted by Gasteiger charge is 2.42. The summed E-state index contributed by atoms with van der Waals surface area (Å²) in [6, 6.07) is 9.73. The summed E-state index contributed by atoms with van der Waals surface area (Å²) in [4.78, 5) is 29.0. The third-order valence-corrected chi connectivity index (χ3v) is 6.65. The number of hydrogen-bond acceptors (Lipinski definition) is 6. The predicted molar refractivity (Wildman–Crippen MR) is 109 cm³/mol. The summed E-state index contributed by atoms with van der Waals surface area (Å²) in [6.07, 6.45) is 3.26. The lowest BCUT2D eigenvalue weighted by molar-refractivity contribution is -0.132. The van der Waals surface area contributed by atoms with Gasteiger partial charge in [0, 0.05) is 11.8 Å². The molecule has 0 saturated carbocycles. The molecule has 152 valence electrons. The van der Waals surface area contributed by atoms with Crippen molar-refractivity contribution in [1.82, 2.24) is 14.6 Å². The minimum absolute atomic E-state index is 0.179. The van der Waals surface area contributed by atoms with E-state index in [4.69, 9.17) is 0 Å². The van der Waals surface area contributed by atoms with Crippen LogP contribution in [0.4, 0.5) is 4.79 Å². The van der Waals surface area contributed by atoms with E-state index in [1.807, 2.05) is 0 Å². The number of urea groups is 1. The molecule has 2 N–H and O–H groups in total. The Morgan fingerprint density at radius 3 is 2.55 bits per heavy atom. The van der Waals surface area contributed by atoms with E-state index in [9.17, 15) is 23.1 Å². The molecule has 1 aliphatic rings. The molecular formula is C19H19N3O5S2. The molecule has 1 unspecified atom stereocenters. The number of benzene rings is 1. The van der Waals surface area contributed by atoms with Gasteiger partial charge < -0.3 is 10.4 Å². The molecule has 2 amide bonds. The number of carbonyl (C=O) groups is 2. The Morgan fingerprint density at radius 1 is 1.24 bits per heavy atom. The minimum Gasteiger partial charge on any atom is -0.478 e. The number of pyridine rings is 1. The minimum atomic E-state index is -4.23. The third-order valence-electron chi connectivity index (χ3n) is 4.34. The van der Waals surface area contributed by atoms with Crippen molar-refractivity contribution >= 4 is 39.5 Å². The normalized spacial score (nSPS) is 17.2. The van der Waals surface area contributed by atoms with Gasteiger partial charge in [0.1, 0.15) is 5.03 Å². The zero-order valence-electron chi connectivity index (χ0n) is 15.7. The molecule has 0 fully saturated rings. The van der Waals surface area contributed by atoms with Gasteiger partial charge in [-0.25, -0.2) is 23.0 Å². The summed E-state index contributed by atoms with van der Waals surface area (Å²) in [7, 11) is -4.23. The number of carboxylic acid groups (broad SMARTS) is 1. The van der Waals surface area contributed by atoms with Crippen molar-refractivity contribution in [3.8, 4) is 0 Å². The Morgan fingerprint density at radius 2 is 1.93 bits per heavy atom. The molecule has 2 heterocycles. The first kappa shape index (κ1) is 20.9. The van der Waals surface area contributed by atoms with Gasteiger partial charge in [0.15, 0.2) is 0 Å². The van der Waals surface area contributed by atoms with Crippen molar-refractivity contribution in [2.45, 2.75) is 23.7 Å². The van der Waals surface area contributed by atoms with Crippen LogP contribution in [0.2, 0.25) is 0 Å². The number of carbonyl (C=O) groups excluding carboxylic acids is 1. The molecule has 3 rings (SSSR count). The molecule has 8 nitrogen and oxygen atoms in total. The molecule has 0 spiro atoms. The van der Waals surface area contributed by atoms with Crippen molar-refractivity contribution in [2.75, 3.05) is 6.26 Å². The monoisotopic (exact) mass is 433 g/mol. The number of thioether (sulfide) groups is 1. The SMILES string of the molecule is CSc1ncccc1C1=C(C(=O)O)C(C)NC(=O)N1S(=O)(=O)Cc1ccccc1. The summed E-state index contributed by atoms with van der Waals surface area (Å²) in [6.45, 7) is 1.50. The fraction of sp³-hybridized carbons (Fsp3) is 0.211. The van der Waals surface area contributed by atoms with Gasteiger partial charge in [0.25, 0.3) is 0 Å². The number of aromatic nitrogens is 1. The highest BCUT2D eigenvalue weighted by atomic mass is 32.2. The van der Waals surface area contributed by atoms with E-state index in [1.165, 1.54) is 24.9 Å². The zero-order chi connectivity index (χ0) is 21.2. The van der Waals surface area contributed by atoms with Gasteiger partial charge in [-0.15, -0.1) is 11.8 Å². The van der Waals surface area contributed by atoms with Gasteiger partial charge in [-0.2, -0.15) is 4.31 Å². The van der Waals surface area contributed by atoms with Crippen LogP contribution in [0.1, 0.15) is 18.1 Å². The predicted octanol–water partition coefficient (Wildman–Crippen LogP) is 2.54. The summed E-state index contributed by atoms with van der Waals surface area (Å²) >= 11 is 1.23.